The summed E-state index contributed by atoms with van der Waals surface area (Å²) in [6.07, 6.45) is 0. The van der Waals surface area contributed by atoms with E-state index in [1.165, 1.54) is 0 Å². The Morgan fingerprint density at radius 1 is 1.00 bits per heavy atom. The molecule has 0 radical (unpaired) electrons. The molecule has 0 heterocycles. The van der Waals surface area contributed by atoms with Gasteiger partial charge in [-0.3, -0.25) is 0 Å². The topological polar surface area (TPSA) is 78.4 Å². The van der Waals surface area contributed by atoms with Gasteiger partial charge in [0.2, 0.25) is 0 Å². The molecule has 0 N–H and O–H groups in total. The minimum atomic E-state index is -4.27. The molecule has 64 valence electrons. The van der Waals surface area contributed by atoms with E-state index >= 15 is 0 Å². The normalized spacial score (nSPS) is 18.1. The molecule has 0 aromatic carbocycles. The molecular weight excluding hydrogens is 178 g/mol. The van der Waals surface area contributed by atoms with E-state index in [9.17, 15) is 14.0 Å². The quantitative estimate of drug-likeness (QED) is 0.467. The predicted molar refractivity (Wildman–Crippen MR) is 31.7 cm³/mol. The van der Waals surface area contributed by atoms with Crippen molar-refractivity contribution >= 4 is 6.83 Å². The van der Waals surface area contributed by atoms with Crippen LogP contribution in [0.25, 0.3) is 0 Å². The van der Waals surface area contributed by atoms with Crippen molar-refractivity contribution in [3.8, 4) is 0 Å². The van der Waals surface area contributed by atoms with Crippen molar-refractivity contribution < 1.29 is 28.3 Å². The van der Waals surface area contributed by atoms with E-state index in [1.54, 1.807) is 26.7 Å². The van der Waals surface area contributed by atoms with Gasteiger partial charge in [0.1, 0.15) is 0 Å². The monoisotopic (exact) mass is 190 g/mol. The van der Waals surface area contributed by atoms with Gasteiger partial charge in [0.25, 0.3) is 0 Å². The predicted octanol–water partition coefficient (Wildman–Crippen LogP) is -2.11. The van der Waals surface area contributed by atoms with Crippen molar-refractivity contribution in [1.82, 2.24) is 0 Å². The molecule has 0 fully saturated rings. The van der Waals surface area contributed by atoms with Crippen molar-refractivity contribution in [2.24, 2.45) is 0 Å². The van der Waals surface area contributed by atoms with Gasteiger partial charge in [-0.05, 0) is 0 Å². The first kappa shape index (κ1) is 10.6. The van der Waals surface area contributed by atoms with Gasteiger partial charge in [-0.15, -0.1) is 0 Å². The molecule has 0 aliphatic rings. The van der Waals surface area contributed by atoms with E-state index in [4.69, 9.17) is 0 Å². The molecule has 0 unspecified atom stereocenters. The fraction of sp³-hybridized carbons (Fsp3) is 1.00. The minimum absolute atomic E-state index is 1.63. The summed E-state index contributed by atoms with van der Waals surface area (Å²) >= 11 is 0. The van der Waals surface area contributed by atoms with E-state index < -0.39 is 17.1 Å². The molecule has 0 atom stereocenters. The second kappa shape index (κ2) is 2.27. The van der Waals surface area contributed by atoms with Gasteiger partial charge in [0.05, 0.1) is 0 Å². The van der Waals surface area contributed by atoms with Crippen molar-refractivity contribution in [2.45, 2.75) is 0 Å². The van der Waals surface area contributed by atoms with Crippen molar-refractivity contribution in [1.29, 1.82) is 0 Å². The average Bonchev–Trinajstić information content (AvgIpc) is 1.09. The Balaban J connectivity index is 4.18. The molecule has 0 saturated heterocycles. The SMILES string of the molecule is CP(C)(C)(C)O[Cl+3]([O-])([O-])[O-]. The van der Waals surface area contributed by atoms with Crippen molar-refractivity contribution in [3.63, 3.8) is 0 Å². The molecule has 4 nitrogen and oxygen atoms in total. The summed E-state index contributed by atoms with van der Waals surface area (Å²) in [6.45, 7) is 3.87. The molecule has 0 aromatic rings. The van der Waals surface area contributed by atoms with E-state index in [0.29, 0.717) is 0 Å². The molecular formula is C4H12ClO4P. The summed E-state index contributed by atoms with van der Waals surface area (Å²) in [5.74, 6) is 0. The maximum atomic E-state index is 10.1. The molecule has 0 rings (SSSR count). The Morgan fingerprint density at radius 3 is 1.30 bits per heavy atom. The molecule has 0 aromatic heterocycles. The number of hydrogen-bond donors (Lipinski definition) is 0. The summed E-state index contributed by atoms with van der Waals surface area (Å²) in [7, 11) is -4.27. The second-order valence-corrected chi connectivity index (χ2v) is 12.0. The molecule has 0 saturated carbocycles. The average molecular weight is 191 g/mol. The molecule has 0 spiro atoms. The van der Waals surface area contributed by atoms with E-state index in [-0.39, 0.29) is 0 Å². The van der Waals surface area contributed by atoms with Gasteiger partial charge in [-0.25, -0.2) is 0 Å². The van der Waals surface area contributed by atoms with Gasteiger partial charge in [0.15, 0.2) is 0 Å². The summed E-state index contributed by atoms with van der Waals surface area (Å²) in [6, 6.07) is 0. The third-order valence-corrected chi connectivity index (χ3v) is 3.24. The number of hydrogen-bond acceptors (Lipinski definition) is 4. The molecule has 0 aliphatic heterocycles. The third kappa shape index (κ3) is 8.56. The summed E-state index contributed by atoms with van der Waals surface area (Å²) in [5, 5.41) is 0. The first-order valence-electron chi connectivity index (χ1n) is 2.59. The van der Waals surface area contributed by atoms with E-state index in [0.717, 1.165) is 0 Å². The zero-order chi connectivity index (χ0) is 8.65. The second-order valence-electron chi connectivity index (χ2n) is 3.86. The number of rotatable bonds is 2. The van der Waals surface area contributed by atoms with Gasteiger partial charge >= 0.3 is 61.8 Å². The Hall–Kier alpha value is 0.560. The van der Waals surface area contributed by atoms with Crippen LogP contribution in [0.15, 0.2) is 0 Å². The van der Waals surface area contributed by atoms with Gasteiger partial charge in [-0.2, -0.15) is 0 Å². The van der Waals surface area contributed by atoms with Crippen LogP contribution >= 0.6 is 6.83 Å². The van der Waals surface area contributed by atoms with Crippen LogP contribution in [0.1, 0.15) is 0 Å². The molecule has 10 heavy (non-hydrogen) atoms. The van der Waals surface area contributed by atoms with Crippen LogP contribution in [0.5, 0.6) is 0 Å². The fourth-order valence-corrected chi connectivity index (χ4v) is 3.04. The van der Waals surface area contributed by atoms with Crippen LogP contribution in [0.3, 0.4) is 0 Å². The maximum absolute atomic E-state index is 10.1. The van der Waals surface area contributed by atoms with Crippen molar-refractivity contribution in [2.75, 3.05) is 26.7 Å². The third-order valence-electron chi connectivity index (χ3n) is 0.361. The fourth-order valence-electron chi connectivity index (χ4n) is 0.338. The number of halogens is 1. The Bertz CT molecular complexity index is 123. The van der Waals surface area contributed by atoms with Crippen LogP contribution in [-0.4, -0.2) is 26.7 Å². The molecule has 6 heteroatoms. The Kier molecular flexibility index (Phi) is 2.40. The van der Waals surface area contributed by atoms with Crippen LogP contribution in [0.2, 0.25) is 0 Å². The molecule has 0 amide bonds. The first-order chi connectivity index (χ1) is 3.96. The molecule has 0 aliphatic carbocycles. The van der Waals surface area contributed by atoms with E-state index in [2.05, 4.69) is 4.08 Å². The summed E-state index contributed by atoms with van der Waals surface area (Å²) < 4.78 is 34.6. The summed E-state index contributed by atoms with van der Waals surface area (Å²) in [4.78, 5) is 0. The van der Waals surface area contributed by atoms with Crippen LogP contribution in [0.4, 0.5) is 0 Å². The zero-order valence-electron chi connectivity index (χ0n) is 6.46. The van der Waals surface area contributed by atoms with Gasteiger partial charge < -0.3 is 0 Å². The summed E-state index contributed by atoms with van der Waals surface area (Å²) in [5.41, 5.74) is 0. The first-order valence-corrected chi connectivity index (χ1v) is 7.77. The standard InChI is InChI=1S/C4H12ClO4P/c1-10(2,3,4)9-5(6,7)8/h1-4H3. The van der Waals surface area contributed by atoms with Crippen molar-refractivity contribution in [3.05, 3.63) is 0 Å². The van der Waals surface area contributed by atoms with Gasteiger partial charge in [-0.1, -0.05) is 0 Å². The Labute approximate surface area is 62.5 Å². The Morgan fingerprint density at radius 2 is 1.30 bits per heavy atom. The zero-order valence-corrected chi connectivity index (χ0v) is 8.11. The van der Waals surface area contributed by atoms with Crippen LogP contribution in [0, 0.1) is 10.2 Å². The molecule has 0 bridgehead atoms. The van der Waals surface area contributed by atoms with E-state index in [1.807, 2.05) is 0 Å². The van der Waals surface area contributed by atoms with Crippen LogP contribution < -0.4 is 14.0 Å². The van der Waals surface area contributed by atoms with Crippen LogP contribution in [-0.2, 0) is 4.08 Å². The van der Waals surface area contributed by atoms with Gasteiger partial charge in [0, 0.05) is 0 Å².